The van der Waals surface area contributed by atoms with Gasteiger partial charge < -0.3 is 43.8 Å². The maximum Gasteiger partial charge on any atom is 0.208 e. The first kappa shape index (κ1) is 20.1. The van der Waals surface area contributed by atoms with Crippen molar-refractivity contribution in [1.29, 1.82) is 0 Å². The Hall–Kier alpha value is -2.41. The molecule has 12 N–H and O–H groups in total. The van der Waals surface area contributed by atoms with E-state index in [4.69, 9.17) is 43.8 Å². The maximum absolute atomic E-state index is 7.83. The Labute approximate surface area is 105 Å². The molecule has 0 bridgehead atoms. The van der Waals surface area contributed by atoms with Gasteiger partial charge in [-0.05, 0) is 0 Å². The van der Waals surface area contributed by atoms with Crippen LogP contribution < -0.4 is 22.9 Å². The molecule has 0 aliphatic heterocycles. The Morgan fingerprint density at radius 3 is 0.706 bits per heavy atom. The summed E-state index contributed by atoms with van der Waals surface area (Å²) in [5, 5.41) is 41.1. The van der Waals surface area contributed by atoms with Gasteiger partial charge >= 0.3 is 0 Å². The first-order chi connectivity index (χ1) is 7.44. The van der Waals surface area contributed by atoms with Crippen LogP contribution >= 0.6 is 0 Å². The van der Waals surface area contributed by atoms with Crippen LogP contribution in [0.2, 0.25) is 0 Å². The number of hydrogen-bond acceptors (Lipinski definition) is 8. The second-order valence-corrected chi connectivity index (χ2v) is 1.94. The van der Waals surface area contributed by atoms with E-state index in [2.05, 4.69) is 20.6 Å². The monoisotopic (exact) mass is 295 g/mol. The Kier molecular flexibility index (Phi) is 13.8. The first-order valence-corrected chi connectivity index (χ1v) is 3.35. The van der Waals surface area contributed by atoms with Gasteiger partial charge in [0, 0.05) is 16.8 Å². The number of hydrogen-bond donors (Lipinski definition) is 8. The molecule has 0 unspecified atom stereocenters. The van der Waals surface area contributed by atoms with E-state index in [9.17, 15) is 0 Å². The van der Waals surface area contributed by atoms with Crippen molar-refractivity contribution in [2.24, 2.45) is 43.6 Å². The molecule has 0 aromatic carbocycles. The smallest absolute Gasteiger partial charge is 0.208 e. The van der Waals surface area contributed by atoms with Crippen molar-refractivity contribution < 1.29 is 37.6 Å². The number of nitrogens with zero attached hydrogens (tertiary/aromatic N) is 4. The number of amidine groups is 4. The van der Waals surface area contributed by atoms with Crippen molar-refractivity contribution in [2.75, 3.05) is 0 Å². The zero-order valence-corrected chi connectivity index (χ0v) is 9.26. The third-order valence-corrected chi connectivity index (χ3v) is 0.956. The van der Waals surface area contributed by atoms with E-state index in [0.717, 1.165) is 0 Å². The van der Waals surface area contributed by atoms with Gasteiger partial charge in [0.25, 0.3) is 0 Å². The topological polar surface area (TPSA) is 234 Å². The fourth-order valence-corrected chi connectivity index (χ4v) is 0.205. The van der Waals surface area contributed by atoms with E-state index in [1.165, 1.54) is 0 Å². The second-order valence-electron chi connectivity index (χ2n) is 1.94. The number of oxime groups is 4. The van der Waals surface area contributed by atoms with Gasteiger partial charge in [-0.1, -0.05) is 20.6 Å². The standard InChI is InChI=1S/2C2H6N4O2.Co/c2*3-1(5-7)2(4)6-8;/h2*7-8H,(H2,3,5)(H2,4,6);. The molecular formula is C4H12CoN8O4. The quantitative estimate of drug-likeness (QED) is 0.0986. The van der Waals surface area contributed by atoms with Crippen LogP contribution in [-0.4, -0.2) is 44.2 Å². The Morgan fingerprint density at radius 1 is 0.529 bits per heavy atom. The van der Waals surface area contributed by atoms with Crippen molar-refractivity contribution in [3.05, 3.63) is 0 Å². The summed E-state index contributed by atoms with van der Waals surface area (Å²) in [6.07, 6.45) is 0. The molecule has 0 atom stereocenters. The average molecular weight is 295 g/mol. The summed E-state index contributed by atoms with van der Waals surface area (Å²) in [5.74, 6) is -1.64. The van der Waals surface area contributed by atoms with E-state index >= 15 is 0 Å². The third kappa shape index (κ3) is 9.88. The third-order valence-electron chi connectivity index (χ3n) is 0.956. The van der Waals surface area contributed by atoms with E-state index in [1.807, 2.05) is 0 Å². The summed E-state index contributed by atoms with van der Waals surface area (Å²) in [6.45, 7) is 0. The van der Waals surface area contributed by atoms with Crippen LogP contribution in [0.5, 0.6) is 0 Å². The Bertz CT molecular complexity index is 261. The van der Waals surface area contributed by atoms with E-state index in [-0.39, 0.29) is 16.8 Å². The van der Waals surface area contributed by atoms with E-state index in [1.54, 1.807) is 0 Å². The van der Waals surface area contributed by atoms with E-state index in [0.29, 0.717) is 0 Å². The minimum Gasteiger partial charge on any atom is -0.409 e. The largest absolute Gasteiger partial charge is 0.409 e. The van der Waals surface area contributed by atoms with Crippen LogP contribution in [0.3, 0.4) is 0 Å². The van der Waals surface area contributed by atoms with Gasteiger partial charge in [-0.2, -0.15) is 0 Å². The molecule has 0 aromatic heterocycles. The van der Waals surface area contributed by atoms with Gasteiger partial charge in [0.15, 0.2) is 0 Å². The van der Waals surface area contributed by atoms with Gasteiger partial charge in [-0.25, -0.2) is 0 Å². The van der Waals surface area contributed by atoms with Gasteiger partial charge in [0.05, 0.1) is 0 Å². The van der Waals surface area contributed by atoms with Crippen LogP contribution in [0.25, 0.3) is 0 Å². The molecule has 0 saturated heterocycles. The van der Waals surface area contributed by atoms with Crippen molar-refractivity contribution in [2.45, 2.75) is 0 Å². The average Bonchev–Trinajstić information content (AvgIpc) is 2.35. The first-order valence-electron chi connectivity index (χ1n) is 3.35. The van der Waals surface area contributed by atoms with Crippen molar-refractivity contribution in [1.82, 2.24) is 0 Å². The molecule has 0 aliphatic carbocycles. The molecular weight excluding hydrogens is 283 g/mol. The van der Waals surface area contributed by atoms with Crippen molar-refractivity contribution in [3.63, 3.8) is 0 Å². The van der Waals surface area contributed by atoms with Crippen LogP contribution in [0.1, 0.15) is 0 Å². The molecule has 0 fully saturated rings. The molecule has 12 nitrogen and oxygen atoms in total. The summed E-state index contributed by atoms with van der Waals surface area (Å²) in [6, 6.07) is 0. The summed E-state index contributed by atoms with van der Waals surface area (Å²) in [7, 11) is 0. The summed E-state index contributed by atoms with van der Waals surface area (Å²) < 4.78 is 0. The molecule has 17 heavy (non-hydrogen) atoms. The molecule has 0 aliphatic rings. The van der Waals surface area contributed by atoms with E-state index < -0.39 is 23.3 Å². The fraction of sp³-hybridized carbons (Fsp3) is 0. The van der Waals surface area contributed by atoms with Crippen LogP contribution in [-0.2, 0) is 16.8 Å². The van der Waals surface area contributed by atoms with Crippen LogP contribution in [0.15, 0.2) is 20.6 Å². The SMILES string of the molecule is NC(=N\O)/C(N)=N/O.NC(=N\O)/C(N)=N/O.[Co]. The number of nitrogens with two attached hydrogens (primary N) is 4. The minimum atomic E-state index is -0.410. The minimum absolute atomic E-state index is 0. The molecule has 1 radical (unpaired) electrons. The number of rotatable bonds is 0. The molecule has 0 saturated carbocycles. The summed E-state index contributed by atoms with van der Waals surface area (Å²) >= 11 is 0. The van der Waals surface area contributed by atoms with Gasteiger partial charge in [0.2, 0.25) is 23.3 Å². The zero-order chi connectivity index (χ0) is 13.1. The Balaban J connectivity index is -0.000000218. The normalized spacial score (nSPS) is 13.2. The summed E-state index contributed by atoms with van der Waals surface area (Å²) in [4.78, 5) is 0. The zero-order valence-electron chi connectivity index (χ0n) is 8.22. The summed E-state index contributed by atoms with van der Waals surface area (Å²) in [5.41, 5.74) is 19.2. The second kappa shape index (κ2) is 11.7. The maximum atomic E-state index is 7.83. The molecule has 0 spiro atoms. The van der Waals surface area contributed by atoms with Gasteiger partial charge in [0.1, 0.15) is 0 Å². The molecule has 0 rings (SSSR count). The van der Waals surface area contributed by atoms with Crippen LogP contribution in [0.4, 0.5) is 0 Å². The Morgan fingerprint density at radius 2 is 0.647 bits per heavy atom. The predicted octanol–water partition coefficient (Wildman–Crippen LogP) is -3.04. The molecule has 101 valence electrons. The van der Waals surface area contributed by atoms with Crippen molar-refractivity contribution >= 4 is 23.3 Å². The van der Waals surface area contributed by atoms with Crippen LogP contribution in [0, 0.1) is 0 Å². The fourth-order valence-electron chi connectivity index (χ4n) is 0.205. The predicted molar refractivity (Wildman–Crippen MR) is 53.6 cm³/mol. The molecule has 0 amide bonds. The van der Waals surface area contributed by atoms with Gasteiger partial charge in [-0.15, -0.1) is 0 Å². The van der Waals surface area contributed by atoms with Crippen molar-refractivity contribution in [3.8, 4) is 0 Å². The van der Waals surface area contributed by atoms with Gasteiger partial charge in [-0.3, -0.25) is 0 Å². The molecule has 0 aromatic rings. The molecule has 13 heteroatoms. The molecule has 0 heterocycles.